The van der Waals surface area contributed by atoms with Gasteiger partial charge >= 0.3 is 0 Å². The molecular formula is C18H14N4O2S. The van der Waals surface area contributed by atoms with Crippen molar-refractivity contribution < 1.29 is 9.63 Å². The molecule has 3 aromatic rings. The monoisotopic (exact) mass is 350 g/mol. The molecule has 0 spiro atoms. The zero-order valence-corrected chi connectivity index (χ0v) is 13.9. The van der Waals surface area contributed by atoms with Crippen molar-refractivity contribution in [3.63, 3.8) is 0 Å². The van der Waals surface area contributed by atoms with E-state index in [1.54, 1.807) is 0 Å². The van der Waals surface area contributed by atoms with E-state index in [-0.39, 0.29) is 5.91 Å². The maximum absolute atomic E-state index is 12.4. The van der Waals surface area contributed by atoms with Gasteiger partial charge in [0.1, 0.15) is 5.69 Å². The van der Waals surface area contributed by atoms with Gasteiger partial charge in [-0.1, -0.05) is 52.1 Å². The van der Waals surface area contributed by atoms with Gasteiger partial charge < -0.3 is 10.2 Å². The summed E-state index contributed by atoms with van der Waals surface area (Å²) in [4.78, 5) is 17.7. The van der Waals surface area contributed by atoms with Gasteiger partial charge in [-0.2, -0.15) is 0 Å². The number of amides is 1. The van der Waals surface area contributed by atoms with Gasteiger partial charge in [0.15, 0.2) is 0 Å². The summed E-state index contributed by atoms with van der Waals surface area (Å²) in [5.74, 6) is -0.210. The lowest BCUT2D eigenvalue weighted by molar-refractivity contribution is -0.125. The quantitative estimate of drug-likeness (QED) is 0.783. The van der Waals surface area contributed by atoms with E-state index in [1.165, 1.54) is 11.5 Å². The van der Waals surface area contributed by atoms with Crippen molar-refractivity contribution >= 4 is 28.8 Å². The second kappa shape index (κ2) is 6.82. The zero-order valence-electron chi connectivity index (χ0n) is 13.1. The van der Waals surface area contributed by atoms with E-state index < -0.39 is 6.10 Å². The first kappa shape index (κ1) is 15.5. The van der Waals surface area contributed by atoms with E-state index in [0.29, 0.717) is 12.1 Å². The van der Waals surface area contributed by atoms with E-state index in [1.807, 2.05) is 60.0 Å². The molecule has 1 aromatic heterocycles. The highest BCUT2D eigenvalue weighted by Crippen LogP contribution is 2.22. The summed E-state index contributed by atoms with van der Waals surface area (Å²) in [6.07, 6.45) is -0.157. The van der Waals surface area contributed by atoms with Gasteiger partial charge in [-0.25, -0.2) is 0 Å². The van der Waals surface area contributed by atoms with Crippen molar-refractivity contribution in [2.75, 3.05) is 5.32 Å². The Morgan fingerprint density at radius 3 is 2.60 bits per heavy atom. The van der Waals surface area contributed by atoms with Crippen LogP contribution in [0.25, 0.3) is 11.3 Å². The summed E-state index contributed by atoms with van der Waals surface area (Å²) >= 11 is 1.30. The lowest BCUT2D eigenvalue weighted by Gasteiger charge is -2.09. The molecule has 1 N–H and O–H groups in total. The molecule has 7 heteroatoms. The molecule has 124 valence electrons. The van der Waals surface area contributed by atoms with Gasteiger partial charge in [0.2, 0.25) is 6.10 Å². The number of hydrogen-bond acceptors (Lipinski definition) is 6. The summed E-state index contributed by atoms with van der Waals surface area (Å²) in [5, 5.41) is 12.8. The number of oxime groups is 1. The predicted molar refractivity (Wildman–Crippen MR) is 96.4 cm³/mol. The topological polar surface area (TPSA) is 76.5 Å². The maximum Gasteiger partial charge on any atom is 0.268 e. The molecule has 4 rings (SSSR count). The molecule has 0 bridgehead atoms. The third-order valence-electron chi connectivity index (χ3n) is 3.88. The molecule has 1 aliphatic heterocycles. The first-order valence-corrected chi connectivity index (χ1v) is 8.60. The molecule has 2 aromatic carbocycles. The molecule has 2 heterocycles. The van der Waals surface area contributed by atoms with Crippen LogP contribution in [-0.2, 0) is 9.63 Å². The Kier molecular flexibility index (Phi) is 4.22. The minimum absolute atomic E-state index is 0.210. The van der Waals surface area contributed by atoms with Crippen LogP contribution in [0.4, 0.5) is 5.69 Å². The van der Waals surface area contributed by atoms with Crippen LogP contribution in [0.15, 0.2) is 65.1 Å². The van der Waals surface area contributed by atoms with Gasteiger partial charge in [0.25, 0.3) is 5.91 Å². The molecule has 1 amide bonds. The van der Waals surface area contributed by atoms with Crippen molar-refractivity contribution in [3.05, 3.63) is 65.5 Å². The second-order valence-corrected chi connectivity index (χ2v) is 6.17. The lowest BCUT2D eigenvalue weighted by atomic mass is 10.0. The number of carbonyl (C=O) groups excluding carboxylic acids is 1. The summed E-state index contributed by atoms with van der Waals surface area (Å²) in [7, 11) is 0. The van der Waals surface area contributed by atoms with Crippen molar-refractivity contribution in [1.82, 2.24) is 9.59 Å². The van der Waals surface area contributed by atoms with Crippen LogP contribution < -0.4 is 5.32 Å². The van der Waals surface area contributed by atoms with Crippen LogP contribution in [-0.4, -0.2) is 27.3 Å². The van der Waals surface area contributed by atoms with Crippen LogP contribution in [0.1, 0.15) is 12.0 Å². The molecule has 1 aliphatic rings. The summed E-state index contributed by atoms with van der Waals surface area (Å²) < 4.78 is 3.85. The normalized spacial score (nSPS) is 16.2. The number of nitrogens with zero attached hydrogens (tertiary/aromatic N) is 3. The van der Waals surface area contributed by atoms with E-state index in [0.717, 1.165) is 22.5 Å². The maximum atomic E-state index is 12.4. The van der Waals surface area contributed by atoms with E-state index in [9.17, 15) is 4.79 Å². The number of aromatic nitrogens is 2. The highest BCUT2D eigenvalue weighted by atomic mass is 32.1. The van der Waals surface area contributed by atoms with Crippen LogP contribution >= 0.6 is 11.5 Å². The number of carbonyl (C=O) groups is 1. The van der Waals surface area contributed by atoms with E-state index >= 15 is 0 Å². The number of hydrogen-bond donors (Lipinski definition) is 1. The molecule has 1 atom stereocenters. The average Bonchev–Trinajstić information content (AvgIpc) is 3.35. The Labute approximate surface area is 148 Å². The smallest absolute Gasteiger partial charge is 0.268 e. The van der Waals surface area contributed by atoms with Gasteiger partial charge in [-0.05, 0) is 29.2 Å². The van der Waals surface area contributed by atoms with Gasteiger partial charge in [0.05, 0.1) is 5.71 Å². The third kappa shape index (κ3) is 3.41. The number of benzene rings is 2. The number of anilines is 1. The minimum atomic E-state index is -0.613. The summed E-state index contributed by atoms with van der Waals surface area (Å²) in [6, 6.07) is 17.2. The SMILES string of the molecule is O=C(Nc1ccc(-c2csnn2)cc1)C1CC(c2ccccc2)=NO1. The van der Waals surface area contributed by atoms with Crippen LogP contribution in [0.2, 0.25) is 0 Å². The minimum Gasteiger partial charge on any atom is -0.382 e. The number of rotatable bonds is 4. The Hall–Kier alpha value is -3.06. The number of nitrogens with one attached hydrogen (secondary N) is 1. The van der Waals surface area contributed by atoms with Gasteiger partial charge in [-0.3, -0.25) is 4.79 Å². The molecule has 1 unspecified atom stereocenters. The van der Waals surface area contributed by atoms with Crippen molar-refractivity contribution in [2.45, 2.75) is 12.5 Å². The predicted octanol–water partition coefficient (Wildman–Crippen LogP) is 3.34. The lowest BCUT2D eigenvalue weighted by Crippen LogP contribution is -2.28. The molecule has 0 saturated heterocycles. The average molecular weight is 350 g/mol. The first-order chi connectivity index (χ1) is 12.3. The van der Waals surface area contributed by atoms with Crippen LogP contribution in [0, 0.1) is 0 Å². The van der Waals surface area contributed by atoms with Crippen molar-refractivity contribution in [2.24, 2.45) is 5.16 Å². The molecule has 0 fully saturated rings. The van der Waals surface area contributed by atoms with Crippen molar-refractivity contribution in [3.8, 4) is 11.3 Å². The molecular weight excluding hydrogens is 336 g/mol. The molecule has 25 heavy (non-hydrogen) atoms. The van der Waals surface area contributed by atoms with Crippen LogP contribution in [0.5, 0.6) is 0 Å². The Balaban J connectivity index is 1.38. The fourth-order valence-electron chi connectivity index (χ4n) is 2.56. The summed E-state index contributed by atoms with van der Waals surface area (Å²) in [6.45, 7) is 0. The van der Waals surface area contributed by atoms with Crippen LogP contribution in [0.3, 0.4) is 0 Å². The van der Waals surface area contributed by atoms with Gasteiger partial charge in [0, 0.05) is 23.1 Å². The highest BCUT2D eigenvalue weighted by molar-refractivity contribution is 7.03. The standard InChI is InChI=1S/C18H14N4O2S/c23-18(17-10-15(21-24-17)12-4-2-1-3-5-12)19-14-8-6-13(7-9-14)16-11-25-22-20-16/h1-9,11,17H,10H2,(H,19,23). The van der Waals surface area contributed by atoms with E-state index in [2.05, 4.69) is 20.1 Å². The molecule has 6 nitrogen and oxygen atoms in total. The summed E-state index contributed by atoms with van der Waals surface area (Å²) in [5.41, 5.74) is 4.24. The largest absolute Gasteiger partial charge is 0.382 e. The zero-order chi connectivity index (χ0) is 17.1. The van der Waals surface area contributed by atoms with Gasteiger partial charge in [-0.15, -0.1) is 5.10 Å². The molecule has 0 aliphatic carbocycles. The highest BCUT2D eigenvalue weighted by Gasteiger charge is 2.28. The fourth-order valence-corrected chi connectivity index (χ4v) is 3.02. The second-order valence-electron chi connectivity index (χ2n) is 5.56. The third-order valence-corrected chi connectivity index (χ3v) is 4.38. The fraction of sp³-hybridized carbons (Fsp3) is 0.111. The molecule has 0 saturated carbocycles. The Morgan fingerprint density at radius 2 is 1.88 bits per heavy atom. The Morgan fingerprint density at radius 1 is 1.08 bits per heavy atom. The van der Waals surface area contributed by atoms with E-state index in [4.69, 9.17) is 4.84 Å². The first-order valence-electron chi connectivity index (χ1n) is 7.76. The molecule has 0 radical (unpaired) electrons. The van der Waals surface area contributed by atoms with Crippen molar-refractivity contribution in [1.29, 1.82) is 0 Å². The Bertz CT molecular complexity index is 893.